The highest BCUT2D eigenvalue weighted by Crippen LogP contribution is 2.19. The molecular weight excluding hydrogens is 911 g/mol. The van der Waals surface area contributed by atoms with E-state index in [0.717, 1.165) is 38.5 Å². The van der Waals surface area contributed by atoms with Crippen LogP contribution in [-0.4, -0.2) is 87.4 Å². The summed E-state index contributed by atoms with van der Waals surface area (Å²) in [6, 6.07) is 0. The molecule has 0 rings (SSSR count). The molecular formula is C64H126NO8+. The topological polar surface area (TPSA) is 108 Å². The number of hydrogen-bond donors (Lipinski definition) is 1. The summed E-state index contributed by atoms with van der Waals surface area (Å²) in [4.78, 5) is 37.4. The van der Waals surface area contributed by atoms with E-state index in [1.165, 1.54) is 270 Å². The minimum Gasteiger partial charge on any atom is -0.477 e. The standard InChI is InChI=1S/C64H125NO8/c1-6-8-10-12-14-16-18-20-22-24-25-26-27-28-29-30-31-32-33-34-35-36-37-38-39-41-43-45-47-49-51-53-55-62(67)73-60(59-72-64(63(68)69)70-57-56-65(3,4)5)58-71-61(66)54-52-50-48-46-44-42-40-23-21-19-17-15-13-11-9-7-2/h60,64H,6-59H2,1-5H3/p+1. The van der Waals surface area contributed by atoms with Crippen molar-refractivity contribution in [2.24, 2.45) is 0 Å². The smallest absolute Gasteiger partial charge is 0.361 e. The number of rotatable bonds is 61. The Balaban J connectivity index is 4.02. The number of nitrogens with zero attached hydrogens (tertiary/aromatic N) is 1. The van der Waals surface area contributed by atoms with Crippen LogP contribution >= 0.6 is 0 Å². The van der Waals surface area contributed by atoms with E-state index < -0.39 is 18.4 Å². The average molecular weight is 1040 g/mol. The highest BCUT2D eigenvalue weighted by atomic mass is 16.7. The molecule has 0 fully saturated rings. The number of carboxylic acid groups (broad SMARTS) is 1. The summed E-state index contributed by atoms with van der Waals surface area (Å²) in [5, 5.41) is 9.71. The molecule has 0 heterocycles. The molecule has 0 aliphatic rings. The van der Waals surface area contributed by atoms with E-state index in [4.69, 9.17) is 18.9 Å². The molecule has 0 saturated heterocycles. The number of carbonyl (C=O) groups is 3. The van der Waals surface area contributed by atoms with Gasteiger partial charge in [0, 0.05) is 12.8 Å². The first-order valence-corrected chi connectivity index (χ1v) is 32.2. The van der Waals surface area contributed by atoms with Crippen molar-refractivity contribution in [1.82, 2.24) is 0 Å². The zero-order valence-corrected chi connectivity index (χ0v) is 49.6. The second-order valence-electron chi connectivity index (χ2n) is 23.4. The van der Waals surface area contributed by atoms with Gasteiger partial charge in [0.05, 0.1) is 34.4 Å². The van der Waals surface area contributed by atoms with Gasteiger partial charge in [-0.05, 0) is 12.8 Å². The van der Waals surface area contributed by atoms with Crippen LogP contribution in [0.15, 0.2) is 0 Å². The van der Waals surface area contributed by atoms with Gasteiger partial charge in [-0.2, -0.15) is 0 Å². The first-order chi connectivity index (χ1) is 35.6. The number of likely N-dealkylation sites (N-methyl/N-ethyl adjacent to an activating group) is 1. The third kappa shape index (κ3) is 57.8. The van der Waals surface area contributed by atoms with E-state index in [0.29, 0.717) is 17.4 Å². The first kappa shape index (κ1) is 71.3. The van der Waals surface area contributed by atoms with Crippen molar-refractivity contribution >= 4 is 17.9 Å². The molecule has 0 spiro atoms. The summed E-state index contributed by atoms with van der Waals surface area (Å²) in [7, 11) is 5.99. The lowest BCUT2D eigenvalue weighted by molar-refractivity contribution is -0.870. The number of hydrogen-bond acceptors (Lipinski definition) is 7. The van der Waals surface area contributed by atoms with Gasteiger partial charge in [-0.25, -0.2) is 4.79 Å². The predicted octanol–water partition coefficient (Wildman–Crippen LogP) is 19.1. The van der Waals surface area contributed by atoms with E-state index >= 15 is 0 Å². The van der Waals surface area contributed by atoms with Crippen LogP contribution in [0.4, 0.5) is 0 Å². The maximum atomic E-state index is 12.9. The molecule has 0 aromatic carbocycles. The van der Waals surface area contributed by atoms with Crippen LogP contribution in [0, 0.1) is 0 Å². The third-order valence-corrected chi connectivity index (χ3v) is 14.9. The van der Waals surface area contributed by atoms with Crippen molar-refractivity contribution < 1.29 is 42.9 Å². The van der Waals surface area contributed by atoms with E-state index in [2.05, 4.69) is 13.8 Å². The van der Waals surface area contributed by atoms with Gasteiger partial charge in [-0.3, -0.25) is 9.59 Å². The quantitative estimate of drug-likeness (QED) is 0.0278. The second-order valence-corrected chi connectivity index (χ2v) is 23.4. The van der Waals surface area contributed by atoms with Gasteiger partial charge in [0.1, 0.15) is 13.2 Å². The average Bonchev–Trinajstić information content (AvgIpc) is 3.36. The van der Waals surface area contributed by atoms with Gasteiger partial charge >= 0.3 is 17.9 Å². The van der Waals surface area contributed by atoms with Crippen LogP contribution in [0.2, 0.25) is 0 Å². The van der Waals surface area contributed by atoms with Gasteiger partial charge in [-0.15, -0.1) is 0 Å². The van der Waals surface area contributed by atoms with E-state index in [-0.39, 0.29) is 38.2 Å². The lowest BCUT2D eigenvalue weighted by Crippen LogP contribution is -2.40. The molecule has 2 unspecified atom stereocenters. The highest BCUT2D eigenvalue weighted by molar-refractivity contribution is 5.71. The maximum Gasteiger partial charge on any atom is 0.361 e. The molecule has 9 heteroatoms. The molecule has 0 aliphatic carbocycles. The lowest BCUT2D eigenvalue weighted by atomic mass is 10.0. The van der Waals surface area contributed by atoms with Gasteiger partial charge in [0.25, 0.3) is 6.29 Å². The highest BCUT2D eigenvalue weighted by Gasteiger charge is 2.25. The van der Waals surface area contributed by atoms with Gasteiger partial charge in [0.15, 0.2) is 6.10 Å². The SMILES string of the molecule is CCCCCCCCCCCCCCCCCCCCCCCCCCCCCCCCCCC(=O)OC(COC(=O)CCCCCCCCCCCCCCCCCC)COC(OCC[N+](C)(C)C)C(=O)O. The molecule has 0 aromatic heterocycles. The first-order valence-electron chi connectivity index (χ1n) is 32.2. The summed E-state index contributed by atoms with van der Waals surface area (Å²) < 4.78 is 22.9. The minimum absolute atomic E-state index is 0.172. The molecule has 1 N–H and O–H groups in total. The molecule has 0 saturated carbocycles. The summed E-state index contributed by atoms with van der Waals surface area (Å²) in [6.07, 6.45) is 62.1. The summed E-state index contributed by atoms with van der Waals surface area (Å²) in [5.41, 5.74) is 0. The number of quaternary nitrogens is 1. The zero-order valence-electron chi connectivity index (χ0n) is 49.6. The van der Waals surface area contributed by atoms with Crippen LogP contribution in [0.1, 0.15) is 335 Å². The monoisotopic (exact) mass is 1040 g/mol. The Kier molecular flexibility index (Phi) is 55.2. The maximum absolute atomic E-state index is 12.9. The Hall–Kier alpha value is -1.71. The Labute approximate surface area is 453 Å². The third-order valence-electron chi connectivity index (χ3n) is 14.9. The van der Waals surface area contributed by atoms with Crippen molar-refractivity contribution in [1.29, 1.82) is 0 Å². The molecule has 0 bridgehead atoms. The summed E-state index contributed by atoms with van der Waals surface area (Å²) in [6.45, 7) is 4.95. The van der Waals surface area contributed by atoms with Crippen molar-refractivity contribution in [3.05, 3.63) is 0 Å². The molecule has 0 aromatic rings. The second kappa shape index (κ2) is 56.5. The Bertz CT molecular complexity index is 1160. The van der Waals surface area contributed by atoms with Crippen LogP contribution in [0.3, 0.4) is 0 Å². The largest absolute Gasteiger partial charge is 0.477 e. The van der Waals surface area contributed by atoms with Crippen molar-refractivity contribution in [3.8, 4) is 0 Å². The summed E-state index contributed by atoms with van der Waals surface area (Å²) in [5.74, 6) is -1.97. The molecule has 73 heavy (non-hydrogen) atoms. The predicted molar refractivity (Wildman–Crippen MR) is 309 cm³/mol. The van der Waals surface area contributed by atoms with Gasteiger partial charge in [-0.1, -0.05) is 309 Å². The minimum atomic E-state index is -1.50. The van der Waals surface area contributed by atoms with E-state index in [9.17, 15) is 19.5 Å². The number of carbonyl (C=O) groups excluding carboxylic acids is 2. The Morgan fingerprint density at radius 3 is 0.877 bits per heavy atom. The van der Waals surface area contributed by atoms with Crippen LogP contribution in [-0.2, 0) is 33.3 Å². The van der Waals surface area contributed by atoms with Crippen molar-refractivity contribution in [3.63, 3.8) is 0 Å². The number of carboxylic acids is 1. The fourth-order valence-corrected chi connectivity index (χ4v) is 9.90. The van der Waals surface area contributed by atoms with Crippen molar-refractivity contribution in [2.75, 3.05) is 47.5 Å². The fourth-order valence-electron chi connectivity index (χ4n) is 9.90. The van der Waals surface area contributed by atoms with E-state index in [1.54, 1.807) is 0 Å². The summed E-state index contributed by atoms with van der Waals surface area (Å²) >= 11 is 0. The van der Waals surface area contributed by atoms with Gasteiger partial charge < -0.3 is 28.5 Å². The van der Waals surface area contributed by atoms with Crippen molar-refractivity contribution in [2.45, 2.75) is 347 Å². The number of esters is 2. The Morgan fingerprint density at radius 2 is 0.616 bits per heavy atom. The number of unbranched alkanes of at least 4 members (excludes halogenated alkanes) is 46. The van der Waals surface area contributed by atoms with Crippen LogP contribution in [0.5, 0.6) is 0 Å². The molecule has 434 valence electrons. The number of ether oxygens (including phenoxy) is 4. The van der Waals surface area contributed by atoms with Crippen LogP contribution < -0.4 is 0 Å². The molecule has 0 amide bonds. The fraction of sp³-hybridized carbons (Fsp3) is 0.953. The number of aliphatic carboxylic acids is 1. The normalized spacial score (nSPS) is 12.6. The van der Waals surface area contributed by atoms with Crippen LogP contribution in [0.25, 0.3) is 0 Å². The molecule has 9 nitrogen and oxygen atoms in total. The van der Waals surface area contributed by atoms with Gasteiger partial charge in [0.2, 0.25) is 0 Å². The molecule has 0 radical (unpaired) electrons. The lowest BCUT2D eigenvalue weighted by Gasteiger charge is -2.25. The molecule has 0 aliphatic heterocycles. The zero-order chi connectivity index (χ0) is 53.4. The molecule has 2 atom stereocenters. The van der Waals surface area contributed by atoms with E-state index in [1.807, 2.05) is 21.1 Å². The Morgan fingerprint density at radius 1 is 0.356 bits per heavy atom.